The van der Waals surface area contributed by atoms with Gasteiger partial charge in [-0.1, -0.05) is 30.0 Å². The highest BCUT2D eigenvalue weighted by Crippen LogP contribution is 2.40. The van der Waals surface area contributed by atoms with Crippen LogP contribution in [-0.2, 0) is 25.7 Å². The third-order valence-corrected chi connectivity index (χ3v) is 7.46. The molecule has 2 aliphatic rings. The van der Waals surface area contributed by atoms with E-state index < -0.39 is 11.9 Å². The first kappa shape index (κ1) is 26.2. The molecule has 1 saturated heterocycles. The highest BCUT2D eigenvalue weighted by atomic mass is 32.2. The molecule has 9 nitrogen and oxygen atoms in total. The summed E-state index contributed by atoms with van der Waals surface area (Å²) in [7, 11) is 0. The largest absolute Gasteiger partial charge is 0.466 e. The van der Waals surface area contributed by atoms with Gasteiger partial charge in [0, 0.05) is 36.7 Å². The van der Waals surface area contributed by atoms with E-state index >= 15 is 0 Å². The number of Topliss-reactive ketones (excluding diaryl/α,β-unsaturated/α-hetero) is 1. The second kappa shape index (κ2) is 11.9. The quantitative estimate of drug-likeness (QED) is 0.441. The summed E-state index contributed by atoms with van der Waals surface area (Å²) in [5.41, 5.74) is 1.25. The molecule has 1 aliphatic heterocycles. The predicted octanol–water partition coefficient (Wildman–Crippen LogP) is 3.22. The molecule has 1 aliphatic carbocycles. The fourth-order valence-electron chi connectivity index (χ4n) is 4.47. The van der Waals surface area contributed by atoms with Crippen LogP contribution in [0.15, 0.2) is 29.8 Å². The van der Waals surface area contributed by atoms with Crippen molar-refractivity contribution in [1.29, 1.82) is 0 Å². The first-order chi connectivity index (χ1) is 17.4. The minimum atomic E-state index is -0.690. The minimum Gasteiger partial charge on any atom is -0.466 e. The van der Waals surface area contributed by atoms with Gasteiger partial charge >= 0.3 is 5.97 Å². The summed E-state index contributed by atoms with van der Waals surface area (Å²) in [5, 5.41) is 11.7. The van der Waals surface area contributed by atoms with Crippen LogP contribution in [0.2, 0.25) is 0 Å². The Morgan fingerprint density at radius 1 is 1.25 bits per heavy atom. The number of nitrogens with zero attached hydrogens (tertiary/aromatic N) is 5. The number of ketones is 1. The monoisotopic (exact) mass is 515 g/mol. The number of aryl methyl sites for hydroxylation is 1. The standard InChI is InChI=1S/C25H30FN5O4S/c1-3-35-23(33)11-13-31-22(27-28-29-31)14-18-15-30(12-10-21(18)36-16(2)32)24(25(34)17-8-9-17)19-6-4-5-7-20(19)26/h4-7,14,17,21,24H,3,8-13,15H2,1-2H3/b18-14+. The first-order valence-corrected chi connectivity index (χ1v) is 13.1. The summed E-state index contributed by atoms with van der Waals surface area (Å²) < 4.78 is 21.3. The molecule has 1 aromatic carbocycles. The number of thioether (sulfide) groups is 1. The van der Waals surface area contributed by atoms with E-state index in [4.69, 9.17) is 4.74 Å². The van der Waals surface area contributed by atoms with Gasteiger partial charge in [0.05, 0.1) is 25.6 Å². The van der Waals surface area contributed by atoms with Crippen LogP contribution in [0.5, 0.6) is 0 Å². The number of carbonyl (C=O) groups is 3. The molecule has 1 saturated carbocycles. The number of rotatable bonds is 10. The van der Waals surface area contributed by atoms with Gasteiger partial charge in [0.1, 0.15) is 5.82 Å². The van der Waals surface area contributed by atoms with Gasteiger partial charge < -0.3 is 4.74 Å². The molecule has 0 bridgehead atoms. The van der Waals surface area contributed by atoms with Crippen LogP contribution in [0.1, 0.15) is 57.0 Å². The smallest absolute Gasteiger partial charge is 0.307 e. The van der Waals surface area contributed by atoms with Crippen molar-refractivity contribution < 1.29 is 23.5 Å². The van der Waals surface area contributed by atoms with Crippen molar-refractivity contribution in [2.24, 2.45) is 5.92 Å². The lowest BCUT2D eigenvalue weighted by Gasteiger charge is -2.38. The van der Waals surface area contributed by atoms with E-state index in [0.29, 0.717) is 37.5 Å². The first-order valence-electron chi connectivity index (χ1n) is 12.2. The van der Waals surface area contributed by atoms with E-state index in [-0.39, 0.29) is 41.0 Å². The molecule has 0 N–H and O–H groups in total. The molecule has 1 aromatic heterocycles. The summed E-state index contributed by atoms with van der Waals surface area (Å²) in [6.45, 7) is 4.73. The van der Waals surface area contributed by atoms with Crippen LogP contribution in [0.3, 0.4) is 0 Å². The van der Waals surface area contributed by atoms with E-state index in [9.17, 15) is 18.8 Å². The Morgan fingerprint density at radius 3 is 2.72 bits per heavy atom. The number of esters is 1. The molecule has 11 heteroatoms. The number of carbonyl (C=O) groups excluding carboxylic acids is 3. The van der Waals surface area contributed by atoms with Crippen molar-refractivity contribution >= 4 is 34.7 Å². The van der Waals surface area contributed by atoms with Crippen molar-refractivity contribution in [3.8, 4) is 0 Å². The number of aromatic nitrogens is 4. The maximum Gasteiger partial charge on any atom is 0.307 e. The third kappa shape index (κ3) is 6.44. The van der Waals surface area contributed by atoms with Gasteiger partial charge in [0.2, 0.25) is 0 Å². The molecule has 2 fully saturated rings. The van der Waals surface area contributed by atoms with Crippen molar-refractivity contribution in [3.05, 3.63) is 47.0 Å². The van der Waals surface area contributed by atoms with Crippen LogP contribution >= 0.6 is 11.8 Å². The van der Waals surface area contributed by atoms with Crippen LogP contribution < -0.4 is 0 Å². The number of ether oxygens (including phenoxy) is 1. The zero-order valence-electron chi connectivity index (χ0n) is 20.4. The Morgan fingerprint density at radius 2 is 2.03 bits per heavy atom. The lowest BCUT2D eigenvalue weighted by Crippen LogP contribution is -2.43. The van der Waals surface area contributed by atoms with Gasteiger partial charge in [-0.2, -0.15) is 0 Å². The van der Waals surface area contributed by atoms with Gasteiger partial charge in [0.15, 0.2) is 16.7 Å². The van der Waals surface area contributed by atoms with E-state index in [2.05, 4.69) is 15.5 Å². The topological polar surface area (TPSA) is 107 Å². The van der Waals surface area contributed by atoms with E-state index in [1.807, 2.05) is 11.0 Å². The van der Waals surface area contributed by atoms with Crippen molar-refractivity contribution in [2.75, 3.05) is 19.7 Å². The maximum absolute atomic E-state index is 14.8. The second-order valence-electron chi connectivity index (χ2n) is 8.99. The summed E-state index contributed by atoms with van der Waals surface area (Å²) in [5.74, 6) is -0.295. The SMILES string of the molecule is CCOC(=O)CCn1nnnc1/C=C1\CN(C(C(=O)C2CC2)c2ccccc2F)CCC1SC(C)=O. The number of halogens is 1. The molecule has 2 aromatic rings. The Labute approximate surface area is 213 Å². The Balaban J connectivity index is 1.62. The third-order valence-electron chi connectivity index (χ3n) is 6.31. The molecule has 192 valence electrons. The Hall–Kier alpha value is -2.92. The van der Waals surface area contributed by atoms with Crippen LogP contribution in [0, 0.1) is 11.7 Å². The van der Waals surface area contributed by atoms with Crippen molar-refractivity contribution in [1.82, 2.24) is 25.1 Å². The Kier molecular flexibility index (Phi) is 8.63. The summed E-state index contributed by atoms with van der Waals surface area (Å²) >= 11 is 1.23. The number of benzene rings is 1. The fourth-order valence-corrected chi connectivity index (χ4v) is 5.38. The van der Waals surface area contributed by atoms with Gasteiger partial charge in [-0.3, -0.25) is 19.3 Å². The number of tetrazole rings is 1. The molecule has 0 radical (unpaired) electrons. The highest BCUT2D eigenvalue weighted by Gasteiger charge is 2.41. The lowest BCUT2D eigenvalue weighted by atomic mass is 9.93. The molecule has 0 spiro atoms. The van der Waals surface area contributed by atoms with Gasteiger partial charge in [-0.05, 0) is 54.3 Å². The normalized spacial score (nSPS) is 20.3. The lowest BCUT2D eigenvalue weighted by molar-refractivity contribution is -0.143. The maximum atomic E-state index is 14.8. The molecule has 2 atom stereocenters. The van der Waals surface area contributed by atoms with Crippen LogP contribution in [0.25, 0.3) is 6.08 Å². The van der Waals surface area contributed by atoms with Crippen molar-refractivity contribution in [3.63, 3.8) is 0 Å². The van der Waals surface area contributed by atoms with E-state index in [0.717, 1.165) is 18.4 Å². The zero-order chi connectivity index (χ0) is 25.7. The molecule has 4 rings (SSSR count). The molecular formula is C25H30FN5O4S. The fraction of sp³-hybridized carbons (Fsp3) is 0.520. The highest BCUT2D eigenvalue weighted by molar-refractivity contribution is 8.14. The average Bonchev–Trinajstić information content (AvgIpc) is 3.60. The van der Waals surface area contributed by atoms with Crippen LogP contribution in [0.4, 0.5) is 4.39 Å². The average molecular weight is 516 g/mol. The predicted molar refractivity (Wildman–Crippen MR) is 132 cm³/mol. The van der Waals surface area contributed by atoms with Crippen LogP contribution in [-0.4, -0.2) is 66.9 Å². The summed E-state index contributed by atoms with van der Waals surface area (Å²) in [4.78, 5) is 39.1. The van der Waals surface area contributed by atoms with E-state index in [1.165, 1.54) is 29.4 Å². The van der Waals surface area contributed by atoms with Gasteiger partial charge in [0.25, 0.3) is 0 Å². The molecule has 0 amide bonds. The molecule has 2 unspecified atom stereocenters. The minimum absolute atomic E-state index is 0.0130. The summed E-state index contributed by atoms with van der Waals surface area (Å²) in [6.07, 6.45) is 4.22. The van der Waals surface area contributed by atoms with Crippen molar-refractivity contribution in [2.45, 2.75) is 57.4 Å². The van der Waals surface area contributed by atoms with E-state index in [1.54, 1.807) is 25.1 Å². The molecule has 2 heterocycles. The van der Waals surface area contributed by atoms with Gasteiger partial charge in [-0.25, -0.2) is 9.07 Å². The number of likely N-dealkylation sites (tertiary alicyclic amines) is 1. The summed E-state index contributed by atoms with van der Waals surface area (Å²) in [6, 6.07) is 5.74. The zero-order valence-corrected chi connectivity index (χ0v) is 21.2. The molecule has 36 heavy (non-hydrogen) atoms. The number of piperidine rings is 1. The number of hydrogen-bond acceptors (Lipinski definition) is 9. The molecular weight excluding hydrogens is 485 g/mol. The number of hydrogen-bond donors (Lipinski definition) is 0. The van der Waals surface area contributed by atoms with Gasteiger partial charge in [-0.15, -0.1) is 5.10 Å². The second-order valence-corrected chi connectivity index (χ2v) is 10.4. The Bertz CT molecular complexity index is 1150.